The van der Waals surface area contributed by atoms with E-state index in [1.165, 1.54) is 7.69 Å². The van der Waals surface area contributed by atoms with Gasteiger partial charge < -0.3 is 17.0 Å². The zero-order valence-electron chi connectivity index (χ0n) is 5.19. The van der Waals surface area contributed by atoms with E-state index in [0.29, 0.717) is 13.2 Å². The normalized spacial score (nSPS) is 7.25. The fourth-order valence-corrected chi connectivity index (χ4v) is 0.184. The van der Waals surface area contributed by atoms with Crippen LogP contribution in [0.1, 0.15) is 13.8 Å². The maximum atomic E-state index is 4.73. The van der Waals surface area contributed by atoms with E-state index in [9.17, 15) is 0 Å². The van der Waals surface area contributed by atoms with Crippen LogP contribution in [0.25, 0.3) is 0 Å². The Labute approximate surface area is 61.6 Å². The van der Waals surface area contributed by atoms with E-state index < -0.39 is 0 Å². The summed E-state index contributed by atoms with van der Waals surface area (Å²) >= 11 is 0. The van der Waals surface area contributed by atoms with Gasteiger partial charge in [-0.3, -0.25) is 0 Å². The van der Waals surface area contributed by atoms with Crippen molar-refractivity contribution >= 4 is 7.69 Å². The predicted molar refractivity (Wildman–Crippen MR) is 29.0 cm³/mol. The van der Waals surface area contributed by atoms with Gasteiger partial charge in [0.25, 0.3) is 0 Å². The largest absolute Gasteiger partial charge is 1.00 e. The van der Waals surface area contributed by atoms with Crippen LogP contribution in [0.5, 0.6) is 0 Å². The van der Waals surface area contributed by atoms with Gasteiger partial charge in [0, 0.05) is 0 Å². The standard InChI is InChI=1S/C4H10BO2.BrH/c1-3-6-5-7-4-2;/h3-4H2,1-2H3;1H/q+1;/p-1. The van der Waals surface area contributed by atoms with Gasteiger partial charge in [-0.25, -0.2) is 0 Å². The first kappa shape index (κ1) is 11.3. The fourth-order valence-electron chi connectivity index (χ4n) is 0.184. The first-order chi connectivity index (χ1) is 3.41. The van der Waals surface area contributed by atoms with Gasteiger partial charge in [-0.2, -0.15) is 0 Å². The van der Waals surface area contributed by atoms with Gasteiger partial charge in [0.1, 0.15) is 0 Å². The number of hydrogen-bond donors (Lipinski definition) is 0. The molecule has 0 saturated carbocycles. The van der Waals surface area contributed by atoms with Crippen molar-refractivity contribution in [3.63, 3.8) is 0 Å². The molecule has 0 aliphatic heterocycles. The van der Waals surface area contributed by atoms with Crippen molar-refractivity contribution < 1.29 is 26.3 Å². The van der Waals surface area contributed by atoms with E-state index in [1.54, 1.807) is 0 Å². The monoisotopic (exact) mass is 180 g/mol. The molecule has 0 radical (unpaired) electrons. The van der Waals surface area contributed by atoms with E-state index in [0.717, 1.165) is 0 Å². The van der Waals surface area contributed by atoms with Crippen LogP contribution in [0.15, 0.2) is 0 Å². The molecular weight excluding hydrogens is 171 g/mol. The molecule has 0 bridgehead atoms. The molecule has 0 atom stereocenters. The molecule has 0 unspecified atom stereocenters. The van der Waals surface area contributed by atoms with Crippen LogP contribution in [0.3, 0.4) is 0 Å². The van der Waals surface area contributed by atoms with Gasteiger partial charge >= 0.3 is 44.1 Å². The Morgan fingerprint density at radius 2 is 1.50 bits per heavy atom. The quantitative estimate of drug-likeness (QED) is 0.355. The Hall–Kier alpha value is 0.465. The molecule has 0 heterocycles. The minimum absolute atomic E-state index is 0. The molecule has 8 heavy (non-hydrogen) atoms. The molecule has 0 rings (SSSR count). The number of halogens is 1. The summed E-state index contributed by atoms with van der Waals surface area (Å²) in [5, 5.41) is 0. The molecule has 0 aliphatic carbocycles. The van der Waals surface area contributed by atoms with E-state index in [-0.39, 0.29) is 17.0 Å². The van der Waals surface area contributed by atoms with Crippen molar-refractivity contribution in [3.8, 4) is 0 Å². The summed E-state index contributed by atoms with van der Waals surface area (Å²) in [4.78, 5) is 0. The molecule has 0 amide bonds. The second-order valence-corrected chi connectivity index (χ2v) is 1.01. The minimum Gasteiger partial charge on any atom is -1.00 e. The van der Waals surface area contributed by atoms with Gasteiger partial charge in [-0.05, 0) is 0 Å². The molecule has 0 fully saturated rings. The van der Waals surface area contributed by atoms with Crippen LogP contribution in [0.2, 0.25) is 0 Å². The molecule has 4 heteroatoms. The minimum atomic E-state index is 0. The third kappa shape index (κ3) is 9.69. The zero-order valence-corrected chi connectivity index (χ0v) is 6.77. The molecule has 0 N–H and O–H groups in total. The molecule has 0 aromatic carbocycles. The molecule has 0 aromatic heterocycles. The first-order valence-electron chi connectivity index (χ1n) is 2.46. The average Bonchev–Trinajstić information content (AvgIpc) is 1.69. The second-order valence-electron chi connectivity index (χ2n) is 1.01. The molecule has 2 nitrogen and oxygen atoms in total. The third-order valence-electron chi connectivity index (χ3n) is 0.469. The van der Waals surface area contributed by atoms with Crippen molar-refractivity contribution in [1.82, 2.24) is 0 Å². The molecule has 0 aromatic rings. The van der Waals surface area contributed by atoms with Crippen LogP contribution < -0.4 is 17.0 Å². The van der Waals surface area contributed by atoms with Crippen LogP contribution in [0.4, 0.5) is 0 Å². The third-order valence-corrected chi connectivity index (χ3v) is 0.469. The van der Waals surface area contributed by atoms with E-state index in [1.807, 2.05) is 13.8 Å². The summed E-state index contributed by atoms with van der Waals surface area (Å²) < 4.78 is 9.45. The van der Waals surface area contributed by atoms with Crippen molar-refractivity contribution in [1.29, 1.82) is 0 Å². The SMILES string of the molecule is CCO[B+]OCC.[Br-]. The summed E-state index contributed by atoms with van der Waals surface area (Å²) in [6.45, 7) is 5.19. The maximum Gasteiger partial charge on any atom is -1.00 e. The smallest absolute Gasteiger partial charge is 1.00 e. The van der Waals surface area contributed by atoms with E-state index in [2.05, 4.69) is 0 Å². The molecular formula is C4H10BBrO2. The zero-order chi connectivity index (χ0) is 5.54. The second kappa shape index (κ2) is 10.4. The maximum absolute atomic E-state index is 4.73. The van der Waals surface area contributed by atoms with Crippen LogP contribution >= 0.6 is 0 Å². The van der Waals surface area contributed by atoms with Gasteiger partial charge in [-0.1, -0.05) is 0 Å². The van der Waals surface area contributed by atoms with E-state index in [4.69, 9.17) is 9.31 Å². The Kier molecular flexibility index (Phi) is 14.7. The van der Waals surface area contributed by atoms with Gasteiger partial charge in [0.05, 0.1) is 0 Å². The Bertz CT molecular complexity index is 33.2. The van der Waals surface area contributed by atoms with Crippen LogP contribution in [-0.4, -0.2) is 20.9 Å². The van der Waals surface area contributed by atoms with Crippen molar-refractivity contribution in [2.45, 2.75) is 13.8 Å². The summed E-state index contributed by atoms with van der Waals surface area (Å²) in [6.07, 6.45) is 0. The number of rotatable bonds is 4. The van der Waals surface area contributed by atoms with Crippen molar-refractivity contribution in [3.05, 3.63) is 0 Å². The van der Waals surface area contributed by atoms with Crippen molar-refractivity contribution in [2.75, 3.05) is 13.2 Å². The first-order valence-corrected chi connectivity index (χ1v) is 2.46. The molecule has 0 aliphatic rings. The Morgan fingerprint density at radius 3 is 1.75 bits per heavy atom. The molecule has 0 saturated heterocycles. The fraction of sp³-hybridized carbons (Fsp3) is 1.00. The summed E-state index contributed by atoms with van der Waals surface area (Å²) in [6, 6.07) is 0. The van der Waals surface area contributed by atoms with Crippen molar-refractivity contribution in [2.24, 2.45) is 0 Å². The van der Waals surface area contributed by atoms with Crippen LogP contribution in [-0.2, 0) is 9.31 Å². The van der Waals surface area contributed by atoms with Gasteiger partial charge in [0.2, 0.25) is 0 Å². The Morgan fingerprint density at radius 1 is 1.12 bits per heavy atom. The summed E-state index contributed by atoms with van der Waals surface area (Å²) in [5.74, 6) is 0. The number of hydrogen-bond acceptors (Lipinski definition) is 2. The average molecular weight is 181 g/mol. The Balaban J connectivity index is 0. The topological polar surface area (TPSA) is 18.5 Å². The molecule has 48 valence electrons. The van der Waals surface area contributed by atoms with E-state index >= 15 is 0 Å². The van der Waals surface area contributed by atoms with Crippen LogP contribution in [0, 0.1) is 0 Å². The molecule has 0 spiro atoms. The van der Waals surface area contributed by atoms with Gasteiger partial charge in [-0.15, -0.1) is 0 Å². The summed E-state index contributed by atoms with van der Waals surface area (Å²) in [5.41, 5.74) is 0. The van der Waals surface area contributed by atoms with Gasteiger partial charge in [0.15, 0.2) is 0 Å². The summed E-state index contributed by atoms with van der Waals surface area (Å²) in [7, 11) is 1.36. The predicted octanol–water partition coefficient (Wildman–Crippen LogP) is -2.40.